The highest BCUT2D eigenvalue weighted by Gasteiger charge is 2.10. The highest BCUT2D eigenvalue weighted by atomic mass is 16.5. The van der Waals surface area contributed by atoms with Gasteiger partial charge in [0.1, 0.15) is 5.75 Å². The fraction of sp³-hybridized carbons (Fsp3) is 0.286. The fourth-order valence-corrected chi connectivity index (χ4v) is 1.99. The van der Waals surface area contributed by atoms with Gasteiger partial charge in [0.05, 0.1) is 13.7 Å². The Balaban J connectivity index is 2.18. The van der Waals surface area contributed by atoms with Crippen molar-refractivity contribution in [2.75, 3.05) is 7.11 Å². The average molecular weight is 276 g/mol. The molecule has 0 atom stereocenters. The summed E-state index contributed by atoms with van der Waals surface area (Å²) < 4.78 is 6.68. The van der Waals surface area contributed by atoms with Crippen LogP contribution in [-0.4, -0.2) is 28.0 Å². The van der Waals surface area contributed by atoms with Crippen molar-refractivity contribution in [3.05, 3.63) is 51.9 Å². The van der Waals surface area contributed by atoms with E-state index >= 15 is 0 Å². The fourth-order valence-electron chi connectivity index (χ4n) is 1.99. The summed E-state index contributed by atoms with van der Waals surface area (Å²) in [5, 5.41) is 11.5. The minimum atomic E-state index is -0.915. The second kappa shape index (κ2) is 6.10. The Bertz CT molecular complexity index is 657. The van der Waals surface area contributed by atoms with E-state index in [1.165, 1.54) is 4.68 Å². The van der Waals surface area contributed by atoms with Gasteiger partial charge in [0.2, 0.25) is 0 Å². The van der Waals surface area contributed by atoms with Gasteiger partial charge in [-0.05, 0) is 12.5 Å². The molecule has 0 fully saturated rings. The van der Waals surface area contributed by atoms with Crippen LogP contribution in [0.3, 0.4) is 0 Å². The molecule has 1 heterocycles. The van der Waals surface area contributed by atoms with Gasteiger partial charge in [-0.1, -0.05) is 18.2 Å². The molecule has 0 spiro atoms. The van der Waals surface area contributed by atoms with E-state index in [0.717, 1.165) is 5.56 Å². The van der Waals surface area contributed by atoms with Crippen molar-refractivity contribution in [3.63, 3.8) is 0 Å². The highest BCUT2D eigenvalue weighted by molar-refractivity contribution is 5.67. The van der Waals surface area contributed by atoms with E-state index in [9.17, 15) is 9.59 Å². The summed E-state index contributed by atoms with van der Waals surface area (Å²) in [6.07, 6.45) is 1.73. The van der Waals surface area contributed by atoms with Gasteiger partial charge >= 0.3 is 5.97 Å². The summed E-state index contributed by atoms with van der Waals surface area (Å²) in [5.74, 6) is -0.206. The molecule has 0 saturated heterocycles. The molecule has 6 nitrogen and oxygen atoms in total. The molecule has 2 aromatic rings. The average Bonchev–Trinajstić information content (AvgIpc) is 2.78. The van der Waals surface area contributed by atoms with Gasteiger partial charge in [-0.2, -0.15) is 0 Å². The number of methoxy groups -OCH3 is 1. The Hall–Kier alpha value is -2.50. The van der Waals surface area contributed by atoms with Gasteiger partial charge in [0.15, 0.2) is 0 Å². The van der Waals surface area contributed by atoms with Gasteiger partial charge in [-0.25, -0.2) is 4.68 Å². The molecule has 0 radical (unpaired) electrons. The number of H-pyrrole nitrogens is 1. The number of rotatable bonds is 6. The lowest BCUT2D eigenvalue weighted by Crippen LogP contribution is -2.20. The number of benzene rings is 1. The van der Waals surface area contributed by atoms with Crippen molar-refractivity contribution < 1.29 is 14.6 Å². The minimum Gasteiger partial charge on any atom is -0.496 e. The number of nitrogens with zero attached hydrogens (tertiary/aromatic N) is 1. The van der Waals surface area contributed by atoms with Gasteiger partial charge in [0.25, 0.3) is 5.56 Å². The maximum Gasteiger partial charge on any atom is 0.303 e. The van der Waals surface area contributed by atoms with Crippen LogP contribution in [0, 0.1) is 0 Å². The van der Waals surface area contributed by atoms with Crippen LogP contribution in [0.1, 0.15) is 17.5 Å². The largest absolute Gasteiger partial charge is 0.496 e. The van der Waals surface area contributed by atoms with Crippen molar-refractivity contribution in [1.82, 2.24) is 9.78 Å². The summed E-state index contributed by atoms with van der Waals surface area (Å²) >= 11 is 0. The van der Waals surface area contributed by atoms with Crippen LogP contribution in [0.25, 0.3) is 0 Å². The summed E-state index contributed by atoms with van der Waals surface area (Å²) in [6.45, 7) is 0.357. The molecule has 106 valence electrons. The Labute approximate surface area is 115 Å². The number of carboxylic acids is 1. The second-order valence-corrected chi connectivity index (χ2v) is 4.40. The van der Waals surface area contributed by atoms with E-state index in [4.69, 9.17) is 9.84 Å². The van der Waals surface area contributed by atoms with Crippen LogP contribution >= 0.6 is 0 Å². The van der Waals surface area contributed by atoms with Crippen LogP contribution in [0.2, 0.25) is 0 Å². The van der Waals surface area contributed by atoms with E-state index in [1.807, 2.05) is 24.3 Å². The Morgan fingerprint density at radius 2 is 2.10 bits per heavy atom. The number of nitrogens with one attached hydrogen (secondary N) is 1. The van der Waals surface area contributed by atoms with E-state index in [-0.39, 0.29) is 18.4 Å². The van der Waals surface area contributed by atoms with Crippen LogP contribution < -0.4 is 10.3 Å². The summed E-state index contributed by atoms with van der Waals surface area (Å²) in [4.78, 5) is 22.6. The number of aryl methyl sites for hydroxylation is 1. The summed E-state index contributed by atoms with van der Waals surface area (Å²) in [7, 11) is 1.58. The predicted molar refractivity (Wildman–Crippen MR) is 73.1 cm³/mol. The van der Waals surface area contributed by atoms with Crippen molar-refractivity contribution in [3.8, 4) is 5.75 Å². The quantitative estimate of drug-likeness (QED) is 0.831. The maximum absolute atomic E-state index is 12.1. The molecule has 20 heavy (non-hydrogen) atoms. The molecular formula is C14H16N2O4. The van der Waals surface area contributed by atoms with Crippen LogP contribution in [-0.2, 0) is 17.8 Å². The number of hydrogen-bond acceptors (Lipinski definition) is 3. The van der Waals surface area contributed by atoms with E-state index in [0.29, 0.717) is 17.9 Å². The van der Waals surface area contributed by atoms with Crippen molar-refractivity contribution in [1.29, 1.82) is 0 Å². The Kier molecular flexibility index (Phi) is 4.24. The molecule has 0 aliphatic rings. The molecule has 1 aromatic heterocycles. The minimum absolute atomic E-state index is 0.0538. The zero-order chi connectivity index (χ0) is 14.5. The molecule has 2 N–H and O–H groups in total. The molecule has 0 bridgehead atoms. The van der Waals surface area contributed by atoms with Crippen LogP contribution in [0.15, 0.2) is 35.3 Å². The molecule has 6 heteroatoms. The third-order valence-electron chi connectivity index (χ3n) is 3.04. The third kappa shape index (κ3) is 3.09. The Morgan fingerprint density at radius 3 is 2.80 bits per heavy atom. The van der Waals surface area contributed by atoms with Gasteiger partial charge in [0, 0.05) is 23.7 Å². The normalized spacial score (nSPS) is 10.4. The molecular weight excluding hydrogens is 260 g/mol. The number of para-hydroxylation sites is 1. The summed E-state index contributed by atoms with van der Waals surface area (Å²) in [6, 6.07) is 7.44. The molecule has 2 rings (SSSR count). The lowest BCUT2D eigenvalue weighted by Gasteiger charge is -2.07. The molecule has 0 unspecified atom stereocenters. The number of hydrogen-bond donors (Lipinski definition) is 2. The third-order valence-corrected chi connectivity index (χ3v) is 3.04. The van der Waals surface area contributed by atoms with E-state index in [1.54, 1.807) is 13.3 Å². The van der Waals surface area contributed by atoms with E-state index < -0.39 is 5.97 Å². The lowest BCUT2D eigenvalue weighted by atomic mass is 10.2. The molecule has 0 amide bonds. The molecule has 1 aromatic carbocycles. The monoisotopic (exact) mass is 276 g/mol. The molecule has 0 aliphatic carbocycles. The predicted octanol–water partition coefficient (Wildman–Crippen LogP) is 1.25. The van der Waals surface area contributed by atoms with Crippen LogP contribution in [0.5, 0.6) is 5.75 Å². The zero-order valence-corrected chi connectivity index (χ0v) is 11.1. The van der Waals surface area contributed by atoms with Crippen molar-refractivity contribution in [2.45, 2.75) is 19.4 Å². The lowest BCUT2D eigenvalue weighted by molar-refractivity contribution is -0.136. The number of aromatic nitrogens is 2. The molecule has 0 saturated carbocycles. The van der Waals surface area contributed by atoms with Gasteiger partial charge in [-0.3, -0.25) is 9.59 Å². The standard InChI is InChI=1S/C14H16N2O4/c1-20-12-5-3-2-4-11(12)9-16-14(19)10(8-15-16)6-7-13(17)18/h2-5,8,15H,6-7,9H2,1H3,(H,17,18). The van der Waals surface area contributed by atoms with Crippen molar-refractivity contribution in [2.24, 2.45) is 0 Å². The summed E-state index contributed by atoms with van der Waals surface area (Å²) in [5.41, 5.74) is 1.16. The first-order valence-corrected chi connectivity index (χ1v) is 6.22. The van der Waals surface area contributed by atoms with Gasteiger partial charge < -0.3 is 14.9 Å². The number of ether oxygens (including phenoxy) is 1. The number of aromatic amines is 1. The van der Waals surface area contributed by atoms with Crippen LogP contribution in [0.4, 0.5) is 0 Å². The topological polar surface area (TPSA) is 84.3 Å². The molecule has 0 aliphatic heterocycles. The SMILES string of the molecule is COc1ccccc1Cn1[nH]cc(CCC(=O)O)c1=O. The number of carboxylic acid groups (broad SMARTS) is 1. The first-order chi connectivity index (χ1) is 9.61. The van der Waals surface area contributed by atoms with Crippen molar-refractivity contribution >= 4 is 5.97 Å². The maximum atomic E-state index is 12.1. The van der Waals surface area contributed by atoms with E-state index in [2.05, 4.69) is 5.10 Å². The first kappa shape index (κ1) is 13.9. The second-order valence-electron chi connectivity index (χ2n) is 4.40. The zero-order valence-electron chi connectivity index (χ0n) is 11.1. The smallest absolute Gasteiger partial charge is 0.303 e. The Morgan fingerprint density at radius 1 is 1.35 bits per heavy atom. The highest BCUT2D eigenvalue weighted by Crippen LogP contribution is 2.17. The van der Waals surface area contributed by atoms with Gasteiger partial charge in [-0.15, -0.1) is 0 Å². The number of aliphatic carboxylic acids is 1. The first-order valence-electron chi connectivity index (χ1n) is 6.22. The number of carbonyl (C=O) groups is 1.